The molecule has 122 valence electrons. The molecule has 1 N–H and O–H groups in total. The first-order valence-corrected chi connectivity index (χ1v) is 7.97. The van der Waals surface area contributed by atoms with Gasteiger partial charge in [-0.25, -0.2) is 9.78 Å². The molecule has 22 heavy (non-hydrogen) atoms. The van der Waals surface area contributed by atoms with E-state index >= 15 is 0 Å². The molecule has 0 spiro atoms. The Morgan fingerprint density at radius 3 is 2.50 bits per heavy atom. The lowest BCUT2D eigenvalue weighted by Crippen LogP contribution is -2.54. The number of piperazine rings is 1. The first-order valence-electron chi connectivity index (χ1n) is 7.22. The molecule has 0 radical (unpaired) electrons. The second-order valence-electron chi connectivity index (χ2n) is 6.49. The van der Waals surface area contributed by atoms with Crippen LogP contribution in [0.5, 0.6) is 0 Å². The smallest absolute Gasteiger partial charge is 0.410 e. The molecule has 1 aliphatic rings. The number of pyridine rings is 1. The third kappa shape index (κ3) is 4.48. The minimum absolute atomic E-state index is 0.0540. The van der Waals surface area contributed by atoms with E-state index in [1.807, 2.05) is 27.7 Å². The normalized spacial score (nSPS) is 22.5. The number of halogens is 2. The summed E-state index contributed by atoms with van der Waals surface area (Å²) < 4.78 is 5.47. The lowest BCUT2D eigenvalue weighted by molar-refractivity contribution is 0.00958. The van der Waals surface area contributed by atoms with Crippen LogP contribution in [0.3, 0.4) is 0 Å². The van der Waals surface area contributed by atoms with Gasteiger partial charge in [-0.1, -0.05) is 23.2 Å². The Bertz CT molecular complexity index is 540. The van der Waals surface area contributed by atoms with E-state index < -0.39 is 5.60 Å². The zero-order valence-corrected chi connectivity index (χ0v) is 14.7. The maximum absolute atomic E-state index is 12.3. The third-order valence-corrected chi connectivity index (χ3v) is 3.77. The van der Waals surface area contributed by atoms with Crippen molar-refractivity contribution in [2.75, 3.05) is 13.1 Å². The molecule has 0 unspecified atom stereocenters. The third-order valence-electron chi connectivity index (χ3n) is 3.39. The summed E-state index contributed by atoms with van der Waals surface area (Å²) in [5.41, 5.74) is 0.394. The zero-order valence-electron chi connectivity index (χ0n) is 13.2. The van der Waals surface area contributed by atoms with E-state index in [9.17, 15) is 4.79 Å². The van der Waals surface area contributed by atoms with Gasteiger partial charge in [0.25, 0.3) is 0 Å². The fourth-order valence-electron chi connectivity index (χ4n) is 2.35. The SMILES string of the molecule is C[C@H]1CN[C@@H](c2cc(Cl)nc(Cl)c2)CN1C(=O)OC(C)(C)C. The number of rotatable bonds is 1. The summed E-state index contributed by atoms with van der Waals surface area (Å²) in [5, 5.41) is 4.07. The number of carbonyl (C=O) groups excluding carboxylic acids is 1. The molecule has 2 heterocycles. The number of aromatic nitrogens is 1. The van der Waals surface area contributed by atoms with E-state index in [-0.39, 0.29) is 18.2 Å². The molecular weight excluding hydrogens is 325 g/mol. The fraction of sp³-hybridized carbons (Fsp3) is 0.600. The highest BCUT2D eigenvalue weighted by Crippen LogP contribution is 2.25. The summed E-state index contributed by atoms with van der Waals surface area (Å²) in [6.45, 7) is 8.72. The van der Waals surface area contributed by atoms with Crippen LogP contribution in [0.1, 0.15) is 39.3 Å². The number of amides is 1. The van der Waals surface area contributed by atoms with Crippen molar-refractivity contribution in [2.45, 2.75) is 45.4 Å². The van der Waals surface area contributed by atoms with E-state index in [2.05, 4.69) is 10.3 Å². The van der Waals surface area contributed by atoms with Gasteiger partial charge in [-0.2, -0.15) is 0 Å². The molecule has 7 heteroatoms. The van der Waals surface area contributed by atoms with E-state index in [0.29, 0.717) is 23.4 Å². The van der Waals surface area contributed by atoms with Crippen molar-refractivity contribution in [2.24, 2.45) is 0 Å². The first-order chi connectivity index (χ1) is 10.2. The molecule has 0 saturated carbocycles. The highest BCUT2D eigenvalue weighted by Gasteiger charge is 2.32. The van der Waals surface area contributed by atoms with Gasteiger partial charge in [-0.05, 0) is 45.4 Å². The van der Waals surface area contributed by atoms with Crippen molar-refractivity contribution in [1.82, 2.24) is 15.2 Å². The van der Waals surface area contributed by atoms with Gasteiger partial charge in [0, 0.05) is 19.1 Å². The van der Waals surface area contributed by atoms with Crippen LogP contribution in [-0.4, -0.2) is 40.7 Å². The van der Waals surface area contributed by atoms with Gasteiger partial charge in [0.1, 0.15) is 15.9 Å². The molecule has 5 nitrogen and oxygen atoms in total. The van der Waals surface area contributed by atoms with Crippen LogP contribution in [0.15, 0.2) is 12.1 Å². The van der Waals surface area contributed by atoms with Crippen molar-refractivity contribution >= 4 is 29.3 Å². The summed E-state index contributed by atoms with van der Waals surface area (Å²) >= 11 is 11.9. The van der Waals surface area contributed by atoms with E-state index in [1.165, 1.54) is 0 Å². The van der Waals surface area contributed by atoms with E-state index in [4.69, 9.17) is 27.9 Å². The topological polar surface area (TPSA) is 54.5 Å². The Kier molecular flexibility index (Phi) is 5.20. The number of nitrogens with one attached hydrogen (secondary N) is 1. The molecule has 2 rings (SSSR count). The van der Waals surface area contributed by atoms with Gasteiger partial charge < -0.3 is 15.0 Å². The average Bonchev–Trinajstić information content (AvgIpc) is 2.35. The van der Waals surface area contributed by atoms with Crippen molar-refractivity contribution in [3.05, 3.63) is 28.0 Å². The lowest BCUT2D eigenvalue weighted by atomic mass is 10.0. The minimum atomic E-state index is -0.513. The number of hydrogen-bond donors (Lipinski definition) is 1. The van der Waals surface area contributed by atoms with E-state index in [1.54, 1.807) is 17.0 Å². The fourth-order valence-corrected chi connectivity index (χ4v) is 2.82. The predicted octanol–water partition coefficient (Wildman–Crippen LogP) is 3.66. The van der Waals surface area contributed by atoms with Gasteiger partial charge in [0.15, 0.2) is 0 Å². The van der Waals surface area contributed by atoms with Gasteiger partial charge in [-0.15, -0.1) is 0 Å². The maximum atomic E-state index is 12.3. The summed E-state index contributed by atoms with van der Waals surface area (Å²) in [7, 11) is 0. The Morgan fingerprint density at radius 1 is 1.36 bits per heavy atom. The summed E-state index contributed by atoms with van der Waals surface area (Å²) in [6.07, 6.45) is -0.308. The molecule has 1 aromatic heterocycles. The molecule has 0 aliphatic carbocycles. The van der Waals surface area contributed by atoms with E-state index in [0.717, 1.165) is 5.56 Å². The van der Waals surface area contributed by atoms with Gasteiger partial charge >= 0.3 is 6.09 Å². The Morgan fingerprint density at radius 2 is 1.95 bits per heavy atom. The highest BCUT2D eigenvalue weighted by atomic mass is 35.5. The van der Waals surface area contributed by atoms with Gasteiger partial charge in [0.2, 0.25) is 0 Å². The standard InChI is InChI=1S/C15H21Cl2N3O2/c1-9-7-18-11(10-5-12(16)19-13(17)6-10)8-20(9)14(21)22-15(2,3)4/h5-6,9,11,18H,7-8H2,1-4H3/t9-,11+/m0/s1. The summed E-state index contributed by atoms with van der Waals surface area (Å²) in [4.78, 5) is 18.0. The van der Waals surface area contributed by atoms with Crippen LogP contribution in [0.4, 0.5) is 4.79 Å². The van der Waals surface area contributed by atoms with Crippen molar-refractivity contribution in [3.63, 3.8) is 0 Å². The van der Waals surface area contributed by atoms with Crippen LogP contribution in [0.25, 0.3) is 0 Å². The van der Waals surface area contributed by atoms with Gasteiger partial charge in [-0.3, -0.25) is 0 Å². The molecular formula is C15H21Cl2N3O2. The van der Waals surface area contributed by atoms with Crippen LogP contribution in [0, 0.1) is 0 Å². The average molecular weight is 346 g/mol. The van der Waals surface area contributed by atoms with Crippen molar-refractivity contribution < 1.29 is 9.53 Å². The molecule has 1 amide bonds. The predicted molar refractivity (Wildman–Crippen MR) is 87.4 cm³/mol. The monoisotopic (exact) mass is 345 g/mol. The maximum Gasteiger partial charge on any atom is 0.410 e. The Hall–Kier alpha value is -1.04. The van der Waals surface area contributed by atoms with Crippen LogP contribution in [-0.2, 0) is 4.74 Å². The van der Waals surface area contributed by atoms with Crippen LogP contribution in [0.2, 0.25) is 10.3 Å². The summed E-state index contributed by atoms with van der Waals surface area (Å²) in [6, 6.07) is 3.52. The lowest BCUT2D eigenvalue weighted by Gasteiger charge is -2.39. The number of ether oxygens (including phenoxy) is 1. The molecule has 0 bridgehead atoms. The molecule has 1 aromatic rings. The number of nitrogens with zero attached hydrogens (tertiary/aromatic N) is 2. The van der Waals surface area contributed by atoms with Gasteiger partial charge in [0.05, 0.1) is 6.04 Å². The largest absolute Gasteiger partial charge is 0.444 e. The molecule has 1 saturated heterocycles. The van der Waals surface area contributed by atoms with Crippen LogP contribution >= 0.6 is 23.2 Å². The van der Waals surface area contributed by atoms with Crippen LogP contribution < -0.4 is 5.32 Å². The quantitative estimate of drug-likeness (QED) is 0.789. The van der Waals surface area contributed by atoms with Crippen molar-refractivity contribution in [1.29, 1.82) is 0 Å². The first kappa shape index (κ1) is 17.3. The molecule has 0 aromatic carbocycles. The molecule has 1 aliphatic heterocycles. The Labute approximate surface area is 140 Å². The van der Waals surface area contributed by atoms with Crippen molar-refractivity contribution in [3.8, 4) is 0 Å². The number of hydrogen-bond acceptors (Lipinski definition) is 4. The highest BCUT2D eigenvalue weighted by molar-refractivity contribution is 6.32. The molecule has 2 atom stereocenters. The number of carbonyl (C=O) groups is 1. The molecule has 1 fully saturated rings. The Balaban J connectivity index is 2.15. The second-order valence-corrected chi connectivity index (χ2v) is 7.26. The second kappa shape index (κ2) is 6.60. The zero-order chi connectivity index (χ0) is 16.5. The minimum Gasteiger partial charge on any atom is -0.444 e. The summed E-state index contributed by atoms with van der Waals surface area (Å²) in [5.74, 6) is 0.